The number of nitrogens with one attached hydrogen (secondary N) is 1. The van der Waals surface area contributed by atoms with Gasteiger partial charge in [0.15, 0.2) is 0 Å². The van der Waals surface area contributed by atoms with Crippen molar-refractivity contribution in [2.75, 3.05) is 30.3 Å². The van der Waals surface area contributed by atoms with Crippen LogP contribution in [-0.2, 0) is 4.79 Å². The number of amides is 1. The second-order valence-electron chi connectivity index (χ2n) is 5.12. The van der Waals surface area contributed by atoms with Gasteiger partial charge in [0.2, 0.25) is 5.91 Å². The average Bonchev–Trinajstić information content (AvgIpc) is 2.86. The van der Waals surface area contributed by atoms with Crippen molar-refractivity contribution >= 4 is 23.4 Å². The average molecular weight is 262 g/mol. The topological polar surface area (TPSA) is 32.3 Å². The summed E-state index contributed by atoms with van der Waals surface area (Å²) in [7, 11) is 0. The van der Waals surface area contributed by atoms with Gasteiger partial charge in [-0.25, -0.2) is 0 Å². The molecule has 96 valence electrons. The third kappa shape index (κ3) is 2.27. The van der Waals surface area contributed by atoms with Crippen LogP contribution in [0, 0.1) is 12.8 Å². The van der Waals surface area contributed by atoms with Gasteiger partial charge in [0, 0.05) is 11.4 Å². The second-order valence-corrected chi connectivity index (χ2v) is 6.14. The monoisotopic (exact) mass is 262 g/mol. The van der Waals surface area contributed by atoms with Gasteiger partial charge in [0.05, 0.1) is 11.4 Å². The summed E-state index contributed by atoms with van der Waals surface area (Å²) in [4.78, 5) is 15.4. The van der Waals surface area contributed by atoms with Crippen molar-refractivity contribution in [3.05, 3.63) is 23.8 Å². The maximum Gasteiger partial charge on any atom is 0.237 e. The molecule has 0 aromatic heterocycles. The first kappa shape index (κ1) is 12.1. The molecule has 2 aliphatic heterocycles. The van der Waals surface area contributed by atoms with Crippen LogP contribution in [0.5, 0.6) is 0 Å². The summed E-state index contributed by atoms with van der Waals surface area (Å²) in [5, 5.41) is 3.37. The number of thioether (sulfide) groups is 1. The van der Waals surface area contributed by atoms with Crippen molar-refractivity contribution < 1.29 is 4.79 Å². The lowest BCUT2D eigenvalue weighted by atomic mass is 10.1. The predicted molar refractivity (Wildman–Crippen MR) is 75.2 cm³/mol. The first-order valence-electron chi connectivity index (χ1n) is 6.48. The summed E-state index contributed by atoms with van der Waals surface area (Å²) in [6, 6.07) is 6.38. The zero-order valence-corrected chi connectivity index (χ0v) is 11.4. The summed E-state index contributed by atoms with van der Waals surface area (Å²) < 4.78 is 0. The quantitative estimate of drug-likeness (QED) is 0.885. The number of aryl methyl sites for hydroxylation is 1. The molecule has 1 amide bonds. The molecule has 1 atom stereocenters. The van der Waals surface area contributed by atoms with Crippen LogP contribution in [0.2, 0.25) is 0 Å². The van der Waals surface area contributed by atoms with Crippen LogP contribution >= 0.6 is 11.8 Å². The van der Waals surface area contributed by atoms with E-state index < -0.39 is 0 Å². The number of carbonyl (C=O) groups excluding carboxylic acids is 1. The number of hydrogen-bond acceptors (Lipinski definition) is 3. The van der Waals surface area contributed by atoms with Gasteiger partial charge in [0.25, 0.3) is 0 Å². The van der Waals surface area contributed by atoms with Crippen molar-refractivity contribution in [2.24, 2.45) is 5.92 Å². The van der Waals surface area contributed by atoms with Crippen molar-refractivity contribution in [3.8, 4) is 0 Å². The number of fused-ring (bicyclic) bond motifs is 1. The Balaban J connectivity index is 1.86. The highest BCUT2D eigenvalue weighted by Crippen LogP contribution is 2.36. The standard InChI is InChI=1S/C14H18N2OS/c1-10-2-3-12-13(6-10)18-9-14(17)16(12)8-11-4-5-15-7-11/h2-3,6,11,15H,4-5,7-9H2,1H3/t11-/m0/s1. The number of anilines is 1. The molecule has 1 aromatic rings. The summed E-state index contributed by atoms with van der Waals surface area (Å²) in [6.45, 7) is 5.09. The third-order valence-corrected chi connectivity index (χ3v) is 4.69. The minimum atomic E-state index is 0.253. The van der Waals surface area contributed by atoms with E-state index in [1.165, 1.54) is 16.9 Å². The van der Waals surface area contributed by atoms with Gasteiger partial charge in [-0.3, -0.25) is 4.79 Å². The van der Waals surface area contributed by atoms with Gasteiger partial charge in [-0.2, -0.15) is 0 Å². The maximum atomic E-state index is 12.1. The fourth-order valence-electron chi connectivity index (χ4n) is 2.64. The zero-order chi connectivity index (χ0) is 12.5. The van der Waals surface area contributed by atoms with E-state index in [2.05, 4.69) is 30.4 Å². The third-order valence-electron chi connectivity index (χ3n) is 3.66. The fourth-order valence-corrected chi connectivity index (χ4v) is 3.67. The molecule has 0 saturated carbocycles. The Bertz CT molecular complexity index is 469. The van der Waals surface area contributed by atoms with Crippen LogP contribution in [0.4, 0.5) is 5.69 Å². The minimum Gasteiger partial charge on any atom is -0.316 e. The highest BCUT2D eigenvalue weighted by atomic mass is 32.2. The Labute approximate surface area is 112 Å². The zero-order valence-electron chi connectivity index (χ0n) is 10.6. The largest absolute Gasteiger partial charge is 0.316 e. The Morgan fingerprint density at radius 1 is 1.50 bits per heavy atom. The van der Waals surface area contributed by atoms with Crippen LogP contribution in [0.25, 0.3) is 0 Å². The lowest BCUT2D eigenvalue weighted by Crippen LogP contribution is -2.39. The van der Waals surface area contributed by atoms with Crippen LogP contribution in [0.1, 0.15) is 12.0 Å². The fraction of sp³-hybridized carbons (Fsp3) is 0.500. The van der Waals surface area contributed by atoms with E-state index in [4.69, 9.17) is 0 Å². The molecule has 0 radical (unpaired) electrons. The normalized spacial score (nSPS) is 23.3. The summed E-state index contributed by atoms with van der Waals surface area (Å²) in [5.41, 5.74) is 2.37. The molecule has 0 bridgehead atoms. The number of rotatable bonds is 2. The van der Waals surface area contributed by atoms with Crippen molar-refractivity contribution in [2.45, 2.75) is 18.2 Å². The van der Waals surface area contributed by atoms with Crippen LogP contribution in [0.3, 0.4) is 0 Å². The Morgan fingerprint density at radius 2 is 2.39 bits per heavy atom. The molecule has 2 aliphatic rings. The molecule has 1 fully saturated rings. The highest BCUT2D eigenvalue weighted by molar-refractivity contribution is 8.00. The van der Waals surface area contributed by atoms with Crippen LogP contribution in [-0.4, -0.2) is 31.3 Å². The molecule has 1 N–H and O–H groups in total. The molecular formula is C14H18N2OS. The van der Waals surface area contributed by atoms with E-state index in [-0.39, 0.29) is 5.91 Å². The predicted octanol–water partition coefficient (Wildman–Crippen LogP) is 2.04. The van der Waals surface area contributed by atoms with Gasteiger partial charge >= 0.3 is 0 Å². The van der Waals surface area contributed by atoms with Gasteiger partial charge in [-0.05, 0) is 50.0 Å². The van der Waals surface area contributed by atoms with Crippen molar-refractivity contribution in [1.29, 1.82) is 0 Å². The highest BCUT2D eigenvalue weighted by Gasteiger charge is 2.28. The molecule has 4 heteroatoms. The SMILES string of the molecule is Cc1ccc2c(c1)SCC(=O)N2C[C@H]1CCNC1. The van der Waals surface area contributed by atoms with Gasteiger partial charge in [-0.1, -0.05) is 6.07 Å². The Hall–Kier alpha value is -1.00. The van der Waals surface area contributed by atoms with Gasteiger partial charge in [-0.15, -0.1) is 11.8 Å². The van der Waals surface area contributed by atoms with E-state index in [0.29, 0.717) is 11.7 Å². The first-order valence-corrected chi connectivity index (χ1v) is 7.47. The maximum absolute atomic E-state index is 12.1. The number of carbonyl (C=O) groups is 1. The number of hydrogen-bond donors (Lipinski definition) is 1. The lowest BCUT2D eigenvalue weighted by molar-refractivity contribution is -0.116. The molecule has 0 unspecified atom stereocenters. The molecule has 1 aromatic carbocycles. The summed E-state index contributed by atoms with van der Waals surface area (Å²) in [5.74, 6) is 1.44. The summed E-state index contributed by atoms with van der Waals surface area (Å²) in [6.07, 6.45) is 1.18. The van der Waals surface area contributed by atoms with Crippen molar-refractivity contribution in [3.63, 3.8) is 0 Å². The van der Waals surface area contributed by atoms with E-state index in [1.54, 1.807) is 11.8 Å². The number of benzene rings is 1. The molecular weight excluding hydrogens is 244 g/mol. The van der Waals surface area contributed by atoms with Crippen molar-refractivity contribution in [1.82, 2.24) is 5.32 Å². The van der Waals surface area contributed by atoms with Crippen LogP contribution < -0.4 is 10.2 Å². The van der Waals surface area contributed by atoms with E-state index >= 15 is 0 Å². The first-order chi connectivity index (χ1) is 8.74. The Morgan fingerprint density at radius 3 is 3.17 bits per heavy atom. The summed E-state index contributed by atoms with van der Waals surface area (Å²) >= 11 is 1.67. The smallest absolute Gasteiger partial charge is 0.237 e. The molecule has 18 heavy (non-hydrogen) atoms. The Kier molecular flexibility index (Phi) is 3.31. The molecule has 0 spiro atoms. The van der Waals surface area contributed by atoms with Gasteiger partial charge < -0.3 is 10.2 Å². The minimum absolute atomic E-state index is 0.253. The molecule has 3 rings (SSSR count). The molecule has 2 heterocycles. The van der Waals surface area contributed by atoms with E-state index in [9.17, 15) is 4.79 Å². The van der Waals surface area contributed by atoms with E-state index in [1.807, 2.05) is 4.90 Å². The second kappa shape index (κ2) is 4.94. The lowest BCUT2D eigenvalue weighted by Gasteiger charge is -2.31. The van der Waals surface area contributed by atoms with Crippen LogP contribution in [0.15, 0.2) is 23.1 Å². The van der Waals surface area contributed by atoms with E-state index in [0.717, 1.165) is 25.3 Å². The molecule has 0 aliphatic carbocycles. The number of nitrogens with zero attached hydrogens (tertiary/aromatic N) is 1. The molecule has 3 nitrogen and oxygen atoms in total. The molecule has 1 saturated heterocycles. The van der Waals surface area contributed by atoms with Gasteiger partial charge in [0.1, 0.15) is 0 Å².